The van der Waals surface area contributed by atoms with Crippen molar-refractivity contribution in [1.82, 2.24) is 14.8 Å². The summed E-state index contributed by atoms with van der Waals surface area (Å²) in [5.74, 6) is 2.33. The molecular weight excluding hydrogens is 378 g/mol. The standard InChI is InChI=1S/C24H27N3O3/c1-26-13-11-19(12-14-26)27(16-20-8-5-15-29-20)24(28)21-22(17-9-10-17)30-23(25-21)18-6-3-2-4-7-18/h2-8,15,17,19H,9-14,16H2,1H3. The van der Waals surface area contributed by atoms with E-state index in [1.807, 2.05) is 47.4 Å². The first-order valence-electron chi connectivity index (χ1n) is 10.8. The van der Waals surface area contributed by atoms with Crippen LogP contribution in [0.1, 0.15) is 53.6 Å². The molecule has 1 aliphatic carbocycles. The molecule has 1 amide bonds. The fraction of sp³-hybridized carbons (Fsp3) is 0.417. The zero-order valence-corrected chi connectivity index (χ0v) is 17.3. The molecule has 1 aromatic carbocycles. The molecule has 30 heavy (non-hydrogen) atoms. The predicted octanol–water partition coefficient (Wildman–Crippen LogP) is 4.55. The summed E-state index contributed by atoms with van der Waals surface area (Å²) in [7, 11) is 2.13. The summed E-state index contributed by atoms with van der Waals surface area (Å²) >= 11 is 0. The topological polar surface area (TPSA) is 62.7 Å². The van der Waals surface area contributed by atoms with Gasteiger partial charge in [-0.3, -0.25) is 4.79 Å². The fourth-order valence-electron chi connectivity index (χ4n) is 4.19. The van der Waals surface area contributed by atoms with Crippen molar-refractivity contribution in [3.8, 4) is 11.5 Å². The molecule has 0 spiro atoms. The molecule has 1 saturated carbocycles. The van der Waals surface area contributed by atoms with Crippen LogP contribution in [0.15, 0.2) is 57.6 Å². The zero-order valence-electron chi connectivity index (χ0n) is 17.3. The van der Waals surface area contributed by atoms with Crippen LogP contribution in [0.3, 0.4) is 0 Å². The van der Waals surface area contributed by atoms with Crippen molar-refractivity contribution >= 4 is 5.91 Å². The SMILES string of the molecule is CN1CCC(N(Cc2ccco2)C(=O)c2nc(-c3ccccc3)oc2C2CC2)CC1. The third-order valence-corrected chi connectivity index (χ3v) is 6.12. The first-order valence-corrected chi connectivity index (χ1v) is 10.8. The highest BCUT2D eigenvalue weighted by molar-refractivity contribution is 5.94. The van der Waals surface area contributed by atoms with Gasteiger partial charge in [-0.05, 0) is 70.1 Å². The molecule has 2 aliphatic rings. The molecule has 6 heteroatoms. The second-order valence-electron chi connectivity index (χ2n) is 8.42. The molecule has 0 atom stereocenters. The average molecular weight is 405 g/mol. The van der Waals surface area contributed by atoms with Crippen molar-refractivity contribution in [3.05, 3.63) is 65.9 Å². The number of carbonyl (C=O) groups excluding carboxylic acids is 1. The van der Waals surface area contributed by atoms with Gasteiger partial charge in [0.05, 0.1) is 12.8 Å². The van der Waals surface area contributed by atoms with Crippen LogP contribution in [0.2, 0.25) is 0 Å². The van der Waals surface area contributed by atoms with Gasteiger partial charge >= 0.3 is 0 Å². The zero-order chi connectivity index (χ0) is 20.5. The van der Waals surface area contributed by atoms with Crippen molar-refractivity contribution in [3.63, 3.8) is 0 Å². The summed E-state index contributed by atoms with van der Waals surface area (Å²) in [6, 6.07) is 13.8. The molecule has 2 fully saturated rings. The molecule has 2 aromatic heterocycles. The second kappa shape index (κ2) is 8.11. The van der Waals surface area contributed by atoms with Crippen LogP contribution >= 0.6 is 0 Å². The maximum atomic E-state index is 13.8. The van der Waals surface area contributed by atoms with Gasteiger partial charge in [0.1, 0.15) is 11.5 Å². The van der Waals surface area contributed by atoms with Gasteiger partial charge in [-0.15, -0.1) is 0 Å². The van der Waals surface area contributed by atoms with E-state index in [1.165, 1.54) is 0 Å². The monoisotopic (exact) mass is 405 g/mol. The van der Waals surface area contributed by atoms with E-state index in [4.69, 9.17) is 13.8 Å². The van der Waals surface area contributed by atoms with Crippen LogP contribution in [-0.2, 0) is 6.54 Å². The van der Waals surface area contributed by atoms with Gasteiger partial charge in [0.15, 0.2) is 5.69 Å². The number of amides is 1. The lowest BCUT2D eigenvalue weighted by atomic mass is 10.0. The Kier molecular flexibility index (Phi) is 5.17. The van der Waals surface area contributed by atoms with E-state index in [-0.39, 0.29) is 11.9 Å². The normalized spacial score (nSPS) is 17.9. The van der Waals surface area contributed by atoms with Crippen molar-refractivity contribution in [2.24, 2.45) is 0 Å². The Morgan fingerprint density at radius 1 is 1.10 bits per heavy atom. The largest absolute Gasteiger partial charge is 0.467 e. The summed E-state index contributed by atoms with van der Waals surface area (Å²) in [6.45, 7) is 2.42. The van der Waals surface area contributed by atoms with Crippen LogP contribution in [0, 0.1) is 0 Å². The molecule has 1 saturated heterocycles. The molecule has 0 unspecified atom stereocenters. The molecule has 5 rings (SSSR count). The van der Waals surface area contributed by atoms with Gasteiger partial charge in [0.25, 0.3) is 5.91 Å². The minimum Gasteiger partial charge on any atom is -0.467 e. The van der Waals surface area contributed by atoms with Crippen LogP contribution in [-0.4, -0.2) is 46.9 Å². The number of rotatable bonds is 6. The molecule has 3 heterocycles. The quantitative estimate of drug-likeness (QED) is 0.602. The highest BCUT2D eigenvalue weighted by atomic mass is 16.4. The van der Waals surface area contributed by atoms with E-state index in [9.17, 15) is 4.79 Å². The summed E-state index contributed by atoms with van der Waals surface area (Å²) in [5, 5.41) is 0. The number of carbonyl (C=O) groups is 1. The Labute approximate surface area is 176 Å². The van der Waals surface area contributed by atoms with Crippen molar-refractivity contribution in [2.75, 3.05) is 20.1 Å². The smallest absolute Gasteiger partial charge is 0.276 e. The molecule has 6 nitrogen and oxygen atoms in total. The van der Waals surface area contributed by atoms with Crippen molar-refractivity contribution < 1.29 is 13.6 Å². The molecule has 156 valence electrons. The second-order valence-corrected chi connectivity index (χ2v) is 8.42. The Morgan fingerprint density at radius 2 is 1.87 bits per heavy atom. The number of oxazole rings is 1. The van der Waals surface area contributed by atoms with E-state index in [2.05, 4.69) is 11.9 Å². The number of nitrogens with zero attached hydrogens (tertiary/aromatic N) is 3. The lowest BCUT2D eigenvalue weighted by Crippen LogP contribution is -2.46. The Bertz CT molecular complexity index is 984. The molecule has 3 aromatic rings. The lowest BCUT2D eigenvalue weighted by molar-refractivity contribution is 0.0543. The van der Waals surface area contributed by atoms with Crippen LogP contribution in [0.4, 0.5) is 0 Å². The molecule has 1 aliphatic heterocycles. The van der Waals surface area contributed by atoms with Crippen LogP contribution in [0.25, 0.3) is 11.5 Å². The number of furan rings is 1. The molecule has 0 bridgehead atoms. The Morgan fingerprint density at radius 3 is 2.53 bits per heavy atom. The number of likely N-dealkylation sites (tertiary alicyclic amines) is 1. The third kappa shape index (κ3) is 3.92. The van der Waals surface area contributed by atoms with Gasteiger partial charge in [-0.25, -0.2) is 4.98 Å². The van der Waals surface area contributed by atoms with Gasteiger partial charge in [-0.1, -0.05) is 18.2 Å². The first-order chi connectivity index (χ1) is 14.7. The summed E-state index contributed by atoms with van der Waals surface area (Å²) in [4.78, 5) is 22.8. The van der Waals surface area contributed by atoms with Crippen molar-refractivity contribution in [1.29, 1.82) is 0 Å². The summed E-state index contributed by atoms with van der Waals surface area (Å²) in [6.07, 6.45) is 5.66. The molecule has 0 N–H and O–H groups in total. The van der Waals surface area contributed by atoms with Gasteiger partial charge < -0.3 is 18.6 Å². The molecule has 0 radical (unpaired) electrons. The van der Waals surface area contributed by atoms with E-state index >= 15 is 0 Å². The highest BCUT2D eigenvalue weighted by Crippen LogP contribution is 2.43. The maximum absolute atomic E-state index is 13.8. The van der Waals surface area contributed by atoms with Gasteiger partial charge in [0, 0.05) is 17.5 Å². The number of hydrogen-bond donors (Lipinski definition) is 0. The number of benzene rings is 1. The minimum atomic E-state index is -0.0474. The first kappa shape index (κ1) is 19.1. The Balaban J connectivity index is 1.48. The summed E-state index contributed by atoms with van der Waals surface area (Å²) in [5.41, 5.74) is 1.37. The molecular formula is C24H27N3O3. The number of aromatic nitrogens is 1. The van der Waals surface area contributed by atoms with Crippen LogP contribution < -0.4 is 0 Å². The van der Waals surface area contributed by atoms with E-state index in [1.54, 1.807) is 6.26 Å². The highest BCUT2D eigenvalue weighted by Gasteiger charge is 2.37. The maximum Gasteiger partial charge on any atom is 0.276 e. The van der Waals surface area contributed by atoms with Gasteiger partial charge in [0.2, 0.25) is 5.89 Å². The van der Waals surface area contributed by atoms with Crippen LogP contribution in [0.5, 0.6) is 0 Å². The Hall–Kier alpha value is -2.86. The number of hydrogen-bond acceptors (Lipinski definition) is 5. The number of piperidine rings is 1. The van der Waals surface area contributed by atoms with E-state index < -0.39 is 0 Å². The van der Waals surface area contributed by atoms with E-state index in [0.717, 1.165) is 55.9 Å². The van der Waals surface area contributed by atoms with Gasteiger partial charge in [-0.2, -0.15) is 0 Å². The van der Waals surface area contributed by atoms with Crippen molar-refractivity contribution in [2.45, 2.75) is 44.2 Å². The third-order valence-electron chi connectivity index (χ3n) is 6.12. The minimum absolute atomic E-state index is 0.0474. The lowest BCUT2D eigenvalue weighted by Gasteiger charge is -2.36. The average Bonchev–Trinajstić information content (AvgIpc) is 3.31. The fourth-order valence-corrected chi connectivity index (χ4v) is 4.19. The predicted molar refractivity (Wildman–Crippen MR) is 113 cm³/mol. The van der Waals surface area contributed by atoms with E-state index in [0.29, 0.717) is 24.0 Å². The summed E-state index contributed by atoms with van der Waals surface area (Å²) < 4.78 is 11.7.